The van der Waals surface area contributed by atoms with Gasteiger partial charge in [-0.25, -0.2) is 9.59 Å². The fourth-order valence-corrected chi connectivity index (χ4v) is 2.76. The maximum Gasteiger partial charge on any atom is 0.391 e. The zero-order valence-electron chi connectivity index (χ0n) is 8.38. The Labute approximate surface area is 82.4 Å². The fraction of sp³-hybridized carbons (Fsp3) is 0.556. The van der Waals surface area contributed by atoms with E-state index in [4.69, 9.17) is 0 Å². The summed E-state index contributed by atoms with van der Waals surface area (Å²) in [5, 5.41) is -0.0648. The summed E-state index contributed by atoms with van der Waals surface area (Å²) in [5.41, 5.74) is 0.880. The van der Waals surface area contributed by atoms with Crippen LogP contribution in [0, 0.1) is 0 Å². The summed E-state index contributed by atoms with van der Waals surface area (Å²) in [6.07, 6.45) is 0. The van der Waals surface area contributed by atoms with E-state index in [1.165, 1.54) is 18.7 Å². The van der Waals surface area contributed by atoms with Crippen LogP contribution in [0.15, 0.2) is 10.6 Å². The predicted molar refractivity (Wildman–Crippen MR) is 52.8 cm³/mol. The van der Waals surface area contributed by atoms with Crippen molar-refractivity contribution in [3.05, 3.63) is 10.6 Å². The fourth-order valence-electron chi connectivity index (χ4n) is 1.64. The molecule has 0 N–H and O–H groups in total. The van der Waals surface area contributed by atoms with Gasteiger partial charge in [-0.05, 0) is 13.8 Å². The van der Waals surface area contributed by atoms with Gasteiger partial charge < -0.3 is 0 Å². The Morgan fingerprint density at radius 2 is 2.00 bits per heavy atom. The molecule has 2 amide bonds. The number of rotatable bonds is 1. The molecule has 3 nitrogen and oxygen atoms in total. The molecule has 0 saturated heterocycles. The lowest BCUT2D eigenvalue weighted by Crippen LogP contribution is -2.50. The van der Waals surface area contributed by atoms with Crippen molar-refractivity contribution in [2.75, 3.05) is 6.54 Å². The largest absolute Gasteiger partial charge is 0.391 e. The van der Waals surface area contributed by atoms with Crippen LogP contribution in [0.25, 0.3) is 0 Å². The number of nitrogens with zero attached hydrogens (tertiary/aromatic N) is 1. The van der Waals surface area contributed by atoms with Gasteiger partial charge in [-0.1, -0.05) is 0 Å². The summed E-state index contributed by atoms with van der Waals surface area (Å²) < 4.78 is -0.101. The molecule has 0 aliphatic carbocycles. The van der Waals surface area contributed by atoms with Crippen LogP contribution in [-0.2, 0) is 4.79 Å². The Kier molecular flexibility index (Phi) is 2.63. The third kappa shape index (κ3) is 1.25. The van der Waals surface area contributed by atoms with Crippen molar-refractivity contribution < 1.29 is 14.1 Å². The lowest BCUT2D eigenvalue weighted by molar-refractivity contribution is -0.721. The zero-order valence-corrected chi connectivity index (χ0v) is 9.20. The first-order valence-corrected chi connectivity index (χ1v) is 5.08. The number of carbonyl (C=O) groups excluding carboxylic acids is 2. The quantitative estimate of drug-likeness (QED) is 0.610. The Morgan fingerprint density at radius 1 is 1.46 bits per heavy atom. The van der Waals surface area contributed by atoms with Gasteiger partial charge in [0.1, 0.15) is 5.70 Å². The molecule has 0 spiro atoms. The molecule has 0 aromatic heterocycles. The highest BCUT2D eigenvalue weighted by molar-refractivity contribution is 8.16. The number of amides is 2. The summed E-state index contributed by atoms with van der Waals surface area (Å²) in [6, 6.07) is 0. The lowest BCUT2D eigenvalue weighted by Gasteiger charge is -2.25. The van der Waals surface area contributed by atoms with Crippen LogP contribution in [0.5, 0.6) is 0 Å². The lowest BCUT2D eigenvalue weighted by atomic mass is 10.3. The van der Waals surface area contributed by atoms with Crippen LogP contribution in [0.4, 0.5) is 4.79 Å². The van der Waals surface area contributed by atoms with Crippen molar-refractivity contribution >= 4 is 22.9 Å². The number of imide groups is 1. The highest BCUT2D eigenvalue weighted by Gasteiger charge is 2.49. The van der Waals surface area contributed by atoms with Crippen LogP contribution < -0.4 is 0 Å². The molecule has 1 aliphatic rings. The molecule has 0 aromatic carbocycles. The third-order valence-corrected chi connectivity index (χ3v) is 3.73. The number of thioether (sulfide) groups is 1. The van der Waals surface area contributed by atoms with Gasteiger partial charge in [0.15, 0.2) is 0 Å². The van der Waals surface area contributed by atoms with E-state index in [9.17, 15) is 9.59 Å². The highest BCUT2D eigenvalue weighted by Crippen LogP contribution is 2.40. The molecule has 1 unspecified atom stereocenters. The first kappa shape index (κ1) is 10.5. The monoisotopic (exact) mass is 200 g/mol. The Morgan fingerprint density at radius 3 is 2.15 bits per heavy atom. The van der Waals surface area contributed by atoms with E-state index in [0.29, 0.717) is 6.54 Å². The van der Waals surface area contributed by atoms with Gasteiger partial charge in [0.2, 0.25) is 0 Å². The van der Waals surface area contributed by atoms with Crippen LogP contribution in [-0.4, -0.2) is 22.2 Å². The molecular weight excluding hydrogens is 186 g/mol. The summed E-state index contributed by atoms with van der Waals surface area (Å²) in [5.74, 6) is -0.0886. The molecule has 72 valence electrons. The van der Waals surface area contributed by atoms with Crippen molar-refractivity contribution in [1.29, 1.82) is 0 Å². The number of hydrogen-bond donors (Lipinski definition) is 0. The van der Waals surface area contributed by atoms with E-state index in [1.807, 2.05) is 20.8 Å². The summed E-state index contributed by atoms with van der Waals surface area (Å²) in [7, 11) is 0. The van der Waals surface area contributed by atoms with Crippen molar-refractivity contribution in [2.45, 2.75) is 27.7 Å². The maximum absolute atomic E-state index is 11.7. The van der Waals surface area contributed by atoms with Crippen molar-refractivity contribution in [1.82, 2.24) is 0 Å². The van der Waals surface area contributed by atoms with Gasteiger partial charge in [-0.15, -0.1) is 0 Å². The normalized spacial score (nSPS) is 28.5. The molecule has 0 bridgehead atoms. The second kappa shape index (κ2) is 3.27. The molecule has 1 aliphatic heterocycles. The van der Waals surface area contributed by atoms with Crippen molar-refractivity contribution in [3.8, 4) is 0 Å². The minimum atomic E-state index is -0.101. The molecule has 1 atom stereocenters. The molecule has 13 heavy (non-hydrogen) atoms. The Balaban J connectivity index is 3.27. The van der Waals surface area contributed by atoms with Crippen molar-refractivity contribution in [2.24, 2.45) is 0 Å². The van der Waals surface area contributed by atoms with E-state index in [-0.39, 0.29) is 15.6 Å². The molecule has 0 radical (unpaired) electrons. The first-order valence-electron chi connectivity index (χ1n) is 4.26. The Bertz CT molecular complexity index is 309. The minimum Gasteiger partial charge on any atom is -0.230 e. The third-order valence-electron chi connectivity index (χ3n) is 2.65. The van der Waals surface area contributed by atoms with Gasteiger partial charge in [-0.3, -0.25) is 0 Å². The number of carbonyl (C=O) groups is 2. The molecule has 1 heterocycles. The second-order valence-corrected chi connectivity index (χ2v) is 4.32. The molecule has 4 heteroatoms. The predicted octanol–water partition coefficient (Wildman–Crippen LogP) is 2.49. The Hall–Kier alpha value is -0.610. The van der Waals surface area contributed by atoms with Gasteiger partial charge >= 0.3 is 11.1 Å². The van der Waals surface area contributed by atoms with E-state index >= 15 is 0 Å². The second-order valence-electron chi connectivity index (χ2n) is 3.15. The molecular formula is C9H14NO2S+. The average molecular weight is 200 g/mol. The molecule has 0 saturated carbocycles. The van der Waals surface area contributed by atoms with Crippen LogP contribution in [0.3, 0.4) is 0 Å². The summed E-state index contributed by atoms with van der Waals surface area (Å²) in [6.45, 7) is 7.60. The van der Waals surface area contributed by atoms with E-state index in [2.05, 4.69) is 0 Å². The van der Waals surface area contributed by atoms with Crippen LogP contribution in [0.1, 0.15) is 27.7 Å². The maximum atomic E-state index is 11.7. The van der Waals surface area contributed by atoms with E-state index in [1.54, 1.807) is 0 Å². The smallest absolute Gasteiger partial charge is 0.230 e. The number of allylic oxidation sites excluding steroid dienone is 2. The SMILES string of the molecule is CC[N+]1(C(C)=O)C(=O)SC(C)=C1C. The molecule has 0 aromatic rings. The van der Waals surface area contributed by atoms with Crippen LogP contribution in [0.2, 0.25) is 0 Å². The summed E-state index contributed by atoms with van der Waals surface area (Å²) >= 11 is 1.18. The standard InChI is InChI=1S/C9H14NO2S/c1-5-10(8(4)11)6(2)7(3)13-9(10)12/h5H2,1-4H3/q+1. The first-order chi connectivity index (χ1) is 5.96. The van der Waals surface area contributed by atoms with E-state index < -0.39 is 0 Å². The van der Waals surface area contributed by atoms with Crippen LogP contribution >= 0.6 is 11.8 Å². The van der Waals surface area contributed by atoms with Gasteiger partial charge in [0, 0.05) is 18.7 Å². The highest BCUT2D eigenvalue weighted by atomic mass is 32.2. The van der Waals surface area contributed by atoms with E-state index in [0.717, 1.165) is 10.6 Å². The summed E-state index contributed by atoms with van der Waals surface area (Å²) in [4.78, 5) is 24.1. The van der Waals surface area contributed by atoms with Gasteiger partial charge in [0.05, 0.1) is 18.4 Å². The average Bonchev–Trinajstić information content (AvgIpc) is 2.25. The molecule has 1 rings (SSSR count). The van der Waals surface area contributed by atoms with Crippen molar-refractivity contribution in [3.63, 3.8) is 0 Å². The zero-order chi connectivity index (χ0) is 10.2. The molecule has 0 fully saturated rings. The number of quaternary nitrogens is 1. The van der Waals surface area contributed by atoms with Gasteiger partial charge in [-0.2, -0.15) is 4.48 Å². The van der Waals surface area contributed by atoms with Gasteiger partial charge in [0.25, 0.3) is 0 Å². The topological polar surface area (TPSA) is 34.1 Å². The number of hydrogen-bond acceptors (Lipinski definition) is 3. The minimum absolute atomic E-state index is 0.0648.